The second kappa shape index (κ2) is 5.28. The van der Waals surface area contributed by atoms with Gasteiger partial charge in [0.2, 0.25) is 0 Å². The Balaban J connectivity index is 1.66. The van der Waals surface area contributed by atoms with Crippen LogP contribution in [0.4, 0.5) is 0 Å². The Kier molecular flexibility index (Phi) is 3.50. The number of carbonyl (C=O) groups is 1. The Morgan fingerprint density at radius 2 is 2.11 bits per heavy atom. The highest BCUT2D eigenvalue weighted by Crippen LogP contribution is 2.20. The summed E-state index contributed by atoms with van der Waals surface area (Å²) in [6, 6.07) is 0. The summed E-state index contributed by atoms with van der Waals surface area (Å²) in [4.78, 5) is 13.5. The molecule has 6 heteroatoms. The summed E-state index contributed by atoms with van der Waals surface area (Å²) in [5.41, 5.74) is 0. The first-order chi connectivity index (χ1) is 9.24. The van der Waals surface area contributed by atoms with Crippen LogP contribution in [-0.2, 0) is 24.2 Å². The predicted molar refractivity (Wildman–Crippen MR) is 68.8 cm³/mol. The van der Waals surface area contributed by atoms with Crippen molar-refractivity contribution in [3.05, 3.63) is 11.6 Å². The number of carboxylic acids is 1. The second-order valence-corrected chi connectivity index (χ2v) is 5.52. The quantitative estimate of drug-likeness (QED) is 0.860. The maximum atomic E-state index is 11.1. The molecule has 1 unspecified atom stereocenters. The van der Waals surface area contributed by atoms with E-state index in [1.54, 1.807) is 0 Å². The first-order valence-corrected chi connectivity index (χ1v) is 7.10. The van der Waals surface area contributed by atoms with E-state index in [9.17, 15) is 4.79 Å². The molecular weight excluding hydrogens is 244 g/mol. The van der Waals surface area contributed by atoms with Crippen molar-refractivity contribution in [3.63, 3.8) is 0 Å². The molecule has 0 aromatic carbocycles. The number of aliphatic carboxylic acids is 1. The Bertz CT molecular complexity index is 465. The number of hydrogen-bond donors (Lipinski definition) is 1. The highest BCUT2D eigenvalue weighted by Gasteiger charge is 2.27. The van der Waals surface area contributed by atoms with Crippen molar-refractivity contribution in [2.45, 2.75) is 38.6 Å². The van der Waals surface area contributed by atoms with Gasteiger partial charge in [0.05, 0.1) is 5.92 Å². The van der Waals surface area contributed by atoms with Crippen molar-refractivity contribution in [2.24, 2.45) is 5.92 Å². The molecule has 2 aliphatic rings. The fraction of sp³-hybridized carbons (Fsp3) is 0.769. The summed E-state index contributed by atoms with van der Waals surface area (Å²) in [7, 11) is 0. The van der Waals surface area contributed by atoms with Gasteiger partial charge in [-0.15, -0.1) is 10.2 Å². The van der Waals surface area contributed by atoms with Gasteiger partial charge in [-0.2, -0.15) is 0 Å². The molecule has 104 valence electrons. The van der Waals surface area contributed by atoms with Crippen molar-refractivity contribution >= 4 is 5.97 Å². The van der Waals surface area contributed by atoms with Gasteiger partial charge in [-0.05, 0) is 32.4 Å². The van der Waals surface area contributed by atoms with Gasteiger partial charge in [-0.25, -0.2) is 0 Å². The maximum Gasteiger partial charge on any atom is 0.308 e. The lowest BCUT2D eigenvalue weighted by Crippen LogP contribution is -2.29. The van der Waals surface area contributed by atoms with Crippen LogP contribution < -0.4 is 0 Å². The molecule has 0 bridgehead atoms. The predicted octanol–water partition coefficient (Wildman–Crippen LogP) is 0.563. The van der Waals surface area contributed by atoms with E-state index in [0.717, 1.165) is 31.0 Å². The van der Waals surface area contributed by atoms with E-state index >= 15 is 0 Å². The molecule has 3 heterocycles. The molecule has 3 rings (SSSR count). The average Bonchev–Trinajstić information content (AvgIpc) is 3.05. The number of aromatic nitrogens is 3. The zero-order valence-corrected chi connectivity index (χ0v) is 11.1. The smallest absolute Gasteiger partial charge is 0.308 e. The normalized spacial score (nSPS) is 23.5. The minimum Gasteiger partial charge on any atom is -0.481 e. The Hall–Kier alpha value is -1.43. The van der Waals surface area contributed by atoms with Crippen LogP contribution in [0.1, 0.15) is 30.9 Å². The van der Waals surface area contributed by atoms with Gasteiger partial charge in [0.25, 0.3) is 0 Å². The van der Waals surface area contributed by atoms with E-state index in [4.69, 9.17) is 5.11 Å². The summed E-state index contributed by atoms with van der Waals surface area (Å²) >= 11 is 0. The summed E-state index contributed by atoms with van der Waals surface area (Å²) in [6.45, 7) is 3.90. The van der Waals surface area contributed by atoms with Gasteiger partial charge in [-0.3, -0.25) is 4.79 Å². The topological polar surface area (TPSA) is 71.2 Å². The maximum absolute atomic E-state index is 11.1. The number of aryl methyl sites for hydroxylation is 1. The third kappa shape index (κ3) is 2.63. The van der Waals surface area contributed by atoms with Crippen LogP contribution in [0.2, 0.25) is 0 Å². The van der Waals surface area contributed by atoms with Gasteiger partial charge in [0.1, 0.15) is 11.6 Å². The van der Waals surface area contributed by atoms with Crippen LogP contribution in [0.3, 0.4) is 0 Å². The number of rotatable bonds is 4. The third-order valence-corrected chi connectivity index (χ3v) is 4.22. The summed E-state index contributed by atoms with van der Waals surface area (Å²) in [6.07, 6.45) is 4.87. The third-order valence-electron chi connectivity index (χ3n) is 4.22. The average molecular weight is 264 g/mol. The number of fused-ring (bicyclic) bond motifs is 1. The molecule has 1 saturated heterocycles. The zero-order chi connectivity index (χ0) is 13.2. The van der Waals surface area contributed by atoms with Crippen molar-refractivity contribution in [1.29, 1.82) is 0 Å². The minimum absolute atomic E-state index is 0.283. The molecule has 0 aliphatic carbocycles. The Morgan fingerprint density at radius 1 is 1.32 bits per heavy atom. The number of hydrogen-bond acceptors (Lipinski definition) is 4. The van der Waals surface area contributed by atoms with Crippen molar-refractivity contribution < 1.29 is 9.90 Å². The van der Waals surface area contributed by atoms with E-state index in [0.29, 0.717) is 13.0 Å². The number of carboxylic acid groups (broad SMARTS) is 1. The second-order valence-electron chi connectivity index (χ2n) is 5.52. The van der Waals surface area contributed by atoms with Crippen molar-refractivity contribution in [3.8, 4) is 0 Å². The van der Waals surface area contributed by atoms with Crippen molar-refractivity contribution in [2.75, 3.05) is 19.6 Å². The van der Waals surface area contributed by atoms with Gasteiger partial charge < -0.3 is 14.6 Å². The molecule has 19 heavy (non-hydrogen) atoms. The van der Waals surface area contributed by atoms with Gasteiger partial charge >= 0.3 is 5.97 Å². The highest BCUT2D eigenvalue weighted by molar-refractivity contribution is 5.70. The lowest BCUT2D eigenvalue weighted by atomic mass is 9.99. The standard InChI is InChI=1S/C13H20N4O2/c18-13(19)10-3-4-11-14-15-12(17(11)9-10)5-8-16-6-1-2-7-16/h10H,1-9H2,(H,18,19). The lowest BCUT2D eigenvalue weighted by molar-refractivity contribution is -0.142. The molecular formula is C13H20N4O2. The highest BCUT2D eigenvalue weighted by atomic mass is 16.4. The number of likely N-dealkylation sites (tertiary alicyclic amines) is 1. The van der Waals surface area contributed by atoms with Crippen molar-refractivity contribution in [1.82, 2.24) is 19.7 Å². The number of nitrogens with zero attached hydrogens (tertiary/aromatic N) is 4. The lowest BCUT2D eigenvalue weighted by Gasteiger charge is -2.21. The van der Waals surface area contributed by atoms with Crippen LogP contribution in [0, 0.1) is 5.92 Å². The van der Waals surface area contributed by atoms with Gasteiger partial charge in [0, 0.05) is 25.9 Å². The van der Waals surface area contributed by atoms with E-state index < -0.39 is 5.97 Å². The Morgan fingerprint density at radius 3 is 2.84 bits per heavy atom. The molecule has 2 aliphatic heterocycles. The summed E-state index contributed by atoms with van der Waals surface area (Å²) in [5.74, 6) is 0.917. The molecule has 0 saturated carbocycles. The molecule has 1 aromatic rings. The summed E-state index contributed by atoms with van der Waals surface area (Å²) < 4.78 is 2.03. The van der Waals surface area contributed by atoms with Crippen LogP contribution >= 0.6 is 0 Å². The fourth-order valence-electron chi connectivity index (χ4n) is 3.03. The molecule has 1 aromatic heterocycles. The SMILES string of the molecule is O=C(O)C1CCc2nnc(CCN3CCCC3)n2C1. The first-order valence-electron chi connectivity index (χ1n) is 7.10. The fourth-order valence-corrected chi connectivity index (χ4v) is 3.03. The molecule has 6 nitrogen and oxygen atoms in total. The Labute approximate surface area is 112 Å². The molecule has 1 fully saturated rings. The zero-order valence-electron chi connectivity index (χ0n) is 11.1. The molecule has 1 atom stereocenters. The van der Waals surface area contributed by atoms with Crippen LogP contribution in [0.15, 0.2) is 0 Å². The van der Waals surface area contributed by atoms with Crippen LogP contribution in [-0.4, -0.2) is 50.4 Å². The van der Waals surface area contributed by atoms with Gasteiger partial charge in [-0.1, -0.05) is 0 Å². The molecule has 0 spiro atoms. The largest absolute Gasteiger partial charge is 0.481 e. The monoisotopic (exact) mass is 264 g/mol. The van der Waals surface area contributed by atoms with Crippen LogP contribution in [0.5, 0.6) is 0 Å². The van der Waals surface area contributed by atoms with E-state index in [2.05, 4.69) is 15.1 Å². The van der Waals surface area contributed by atoms with E-state index in [1.807, 2.05) is 4.57 Å². The van der Waals surface area contributed by atoms with Gasteiger partial charge in [0.15, 0.2) is 0 Å². The van der Waals surface area contributed by atoms with E-state index in [-0.39, 0.29) is 5.92 Å². The first kappa shape index (κ1) is 12.6. The summed E-state index contributed by atoms with van der Waals surface area (Å²) in [5, 5.41) is 17.6. The van der Waals surface area contributed by atoms with E-state index in [1.165, 1.54) is 25.9 Å². The molecule has 1 N–H and O–H groups in total. The molecule has 0 radical (unpaired) electrons. The van der Waals surface area contributed by atoms with Crippen LogP contribution in [0.25, 0.3) is 0 Å². The molecule has 0 amide bonds. The minimum atomic E-state index is -0.704.